The zero-order valence-corrected chi connectivity index (χ0v) is 17.3. The third-order valence-electron chi connectivity index (χ3n) is 4.82. The van der Waals surface area contributed by atoms with Crippen LogP contribution in [0.2, 0.25) is 0 Å². The van der Waals surface area contributed by atoms with Crippen LogP contribution >= 0.6 is 11.8 Å². The third kappa shape index (κ3) is 4.29. The molecule has 7 nitrogen and oxygen atoms in total. The van der Waals surface area contributed by atoms with E-state index < -0.39 is 0 Å². The van der Waals surface area contributed by atoms with E-state index >= 15 is 0 Å². The molecule has 150 valence electrons. The number of aromatic nitrogens is 2. The molecule has 0 spiro atoms. The van der Waals surface area contributed by atoms with Gasteiger partial charge in [0.1, 0.15) is 5.03 Å². The maximum absolute atomic E-state index is 12.3. The lowest BCUT2D eigenvalue weighted by Gasteiger charge is -2.15. The van der Waals surface area contributed by atoms with Crippen molar-refractivity contribution in [2.45, 2.75) is 44.0 Å². The average molecular weight is 402 g/mol. The number of nitrogens with one attached hydrogen (secondary N) is 2. The number of hydrogen-bond donors (Lipinski definition) is 4. The molecule has 0 radical (unpaired) electrons. The molecule has 2 aromatic rings. The Morgan fingerprint density at radius 1 is 1.32 bits per heavy atom. The standard InChI is InChI=1S/C20H27N5O2S/c1-4-23-18(27)16-9-15-17(24-20(21)25-19(15)28-16)14-8-13(10-22-5-6-26)11(2)7-12(14)3/h7-8,16,22,26H,4-6,9-10H2,1-3H3,(H,23,27)(H2,21,24,25). The molecule has 0 saturated heterocycles. The van der Waals surface area contributed by atoms with E-state index in [1.165, 1.54) is 17.3 Å². The van der Waals surface area contributed by atoms with Gasteiger partial charge in [0, 0.05) is 30.8 Å². The van der Waals surface area contributed by atoms with Crippen LogP contribution in [0.5, 0.6) is 0 Å². The van der Waals surface area contributed by atoms with Gasteiger partial charge in [0.25, 0.3) is 0 Å². The molecule has 1 aliphatic rings. The number of aliphatic hydroxyl groups excluding tert-OH is 1. The van der Waals surface area contributed by atoms with Crippen molar-refractivity contribution in [2.75, 3.05) is 25.4 Å². The summed E-state index contributed by atoms with van der Waals surface area (Å²) in [6, 6.07) is 4.26. The van der Waals surface area contributed by atoms with Gasteiger partial charge in [-0.3, -0.25) is 4.79 Å². The van der Waals surface area contributed by atoms with Gasteiger partial charge < -0.3 is 21.5 Å². The molecule has 0 aliphatic carbocycles. The highest BCUT2D eigenvalue weighted by molar-refractivity contribution is 8.00. The van der Waals surface area contributed by atoms with Gasteiger partial charge in [-0.25, -0.2) is 9.97 Å². The fourth-order valence-electron chi connectivity index (χ4n) is 3.42. The van der Waals surface area contributed by atoms with E-state index in [1.54, 1.807) is 0 Å². The predicted molar refractivity (Wildman–Crippen MR) is 112 cm³/mol. The van der Waals surface area contributed by atoms with Crippen molar-refractivity contribution in [2.24, 2.45) is 0 Å². The van der Waals surface area contributed by atoms with Gasteiger partial charge >= 0.3 is 0 Å². The zero-order chi connectivity index (χ0) is 20.3. The highest BCUT2D eigenvalue weighted by Crippen LogP contribution is 2.41. The molecule has 8 heteroatoms. The highest BCUT2D eigenvalue weighted by Gasteiger charge is 2.32. The van der Waals surface area contributed by atoms with Gasteiger partial charge in [-0.1, -0.05) is 17.8 Å². The van der Waals surface area contributed by atoms with Gasteiger partial charge in [0.05, 0.1) is 17.6 Å². The van der Waals surface area contributed by atoms with Crippen molar-refractivity contribution in [1.82, 2.24) is 20.6 Å². The molecule has 1 amide bonds. The van der Waals surface area contributed by atoms with E-state index in [0.29, 0.717) is 26.1 Å². The summed E-state index contributed by atoms with van der Waals surface area (Å²) in [4.78, 5) is 21.2. The topological polar surface area (TPSA) is 113 Å². The summed E-state index contributed by atoms with van der Waals surface area (Å²) in [7, 11) is 0. The van der Waals surface area contributed by atoms with Crippen molar-refractivity contribution >= 4 is 23.6 Å². The van der Waals surface area contributed by atoms with Gasteiger partial charge in [0.15, 0.2) is 0 Å². The molecule has 28 heavy (non-hydrogen) atoms. The number of carbonyl (C=O) groups excluding carboxylic acids is 1. The summed E-state index contributed by atoms with van der Waals surface area (Å²) in [5, 5.41) is 15.7. The number of aliphatic hydroxyl groups is 1. The second-order valence-corrected chi connectivity index (χ2v) is 8.10. The third-order valence-corrected chi connectivity index (χ3v) is 6.04. The monoisotopic (exact) mass is 401 g/mol. The number of nitrogens with two attached hydrogens (primary N) is 1. The predicted octanol–water partition coefficient (Wildman–Crippen LogP) is 1.58. The van der Waals surface area contributed by atoms with Gasteiger partial charge in [0.2, 0.25) is 11.9 Å². The number of amides is 1. The van der Waals surface area contributed by atoms with E-state index in [4.69, 9.17) is 10.8 Å². The molecule has 1 aromatic heterocycles. The van der Waals surface area contributed by atoms with Crippen molar-refractivity contribution in [3.05, 3.63) is 34.4 Å². The van der Waals surface area contributed by atoms with E-state index in [1.807, 2.05) is 6.92 Å². The van der Waals surface area contributed by atoms with Gasteiger partial charge in [-0.15, -0.1) is 0 Å². The lowest BCUT2D eigenvalue weighted by atomic mass is 9.94. The minimum atomic E-state index is -0.207. The Bertz CT molecular complexity index is 887. The number of benzene rings is 1. The summed E-state index contributed by atoms with van der Waals surface area (Å²) >= 11 is 1.45. The largest absolute Gasteiger partial charge is 0.395 e. The average Bonchev–Trinajstić information content (AvgIpc) is 3.07. The van der Waals surface area contributed by atoms with Crippen LogP contribution in [0.3, 0.4) is 0 Å². The van der Waals surface area contributed by atoms with Crippen LogP contribution in [-0.2, 0) is 17.8 Å². The fourth-order valence-corrected chi connectivity index (χ4v) is 4.60. The second kappa shape index (κ2) is 8.89. The number of carbonyl (C=O) groups is 1. The molecule has 1 aromatic carbocycles. The molecule has 3 rings (SSSR count). The Kier molecular flexibility index (Phi) is 6.53. The first-order chi connectivity index (χ1) is 13.4. The smallest absolute Gasteiger partial charge is 0.233 e. The lowest BCUT2D eigenvalue weighted by Crippen LogP contribution is -2.32. The van der Waals surface area contributed by atoms with Crippen LogP contribution in [0.4, 0.5) is 5.95 Å². The first-order valence-electron chi connectivity index (χ1n) is 9.47. The van der Waals surface area contributed by atoms with Gasteiger partial charge in [-0.05, 0) is 49.9 Å². The minimum Gasteiger partial charge on any atom is -0.395 e. The Hall–Kier alpha value is -2.16. The van der Waals surface area contributed by atoms with E-state index in [0.717, 1.165) is 33.0 Å². The summed E-state index contributed by atoms with van der Waals surface area (Å²) < 4.78 is 0. The molecule has 0 bridgehead atoms. The van der Waals surface area contributed by atoms with E-state index in [9.17, 15) is 4.79 Å². The Balaban J connectivity index is 1.99. The molecule has 5 N–H and O–H groups in total. The number of nitrogens with zero attached hydrogens (tertiary/aromatic N) is 2. The fraction of sp³-hybridized carbons (Fsp3) is 0.450. The normalized spacial score (nSPS) is 15.5. The zero-order valence-electron chi connectivity index (χ0n) is 16.5. The maximum Gasteiger partial charge on any atom is 0.233 e. The van der Waals surface area contributed by atoms with Crippen LogP contribution in [0, 0.1) is 13.8 Å². The minimum absolute atomic E-state index is 0.0181. The number of thioether (sulfide) groups is 1. The Morgan fingerprint density at radius 3 is 2.82 bits per heavy atom. The first kappa shape index (κ1) is 20.6. The summed E-state index contributed by atoms with van der Waals surface area (Å²) in [5.41, 5.74) is 12.2. The van der Waals surface area contributed by atoms with Crippen LogP contribution in [0.25, 0.3) is 11.3 Å². The Morgan fingerprint density at radius 2 is 2.11 bits per heavy atom. The number of hydrogen-bond acceptors (Lipinski definition) is 7. The van der Waals surface area contributed by atoms with Crippen LogP contribution in [0.1, 0.15) is 29.2 Å². The molecule has 0 fully saturated rings. The SMILES string of the molecule is CCNC(=O)C1Cc2c(nc(N)nc2-c2cc(CNCCO)c(C)cc2C)S1. The molecule has 1 unspecified atom stereocenters. The van der Waals surface area contributed by atoms with Crippen LogP contribution < -0.4 is 16.4 Å². The van der Waals surface area contributed by atoms with Gasteiger partial charge in [-0.2, -0.15) is 0 Å². The lowest BCUT2D eigenvalue weighted by molar-refractivity contribution is -0.120. The number of rotatable bonds is 7. The summed E-state index contributed by atoms with van der Waals surface area (Å²) in [6.45, 7) is 7.96. The van der Waals surface area contributed by atoms with Crippen molar-refractivity contribution < 1.29 is 9.90 Å². The molecule has 0 saturated carbocycles. The first-order valence-corrected chi connectivity index (χ1v) is 10.3. The number of fused-ring (bicyclic) bond motifs is 1. The highest BCUT2D eigenvalue weighted by atomic mass is 32.2. The van der Waals surface area contributed by atoms with Crippen molar-refractivity contribution in [1.29, 1.82) is 0 Å². The van der Waals surface area contributed by atoms with E-state index in [-0.39, 0.29) is 23.7 Å². The van der Waals surface area contributed by atoms with E-state index in [2.05, 4.69) is 46.6 Å². The quantitative estimate of drug-likeness (QED) is 0.411. The Labute approximate surface area is 169 Å². The number of nitrogen functional groups attached to an aromatic ring is 1. The summed E-state index contributed by atoms with van der Waals surface area (Å²) in [5.74, 6) is 0.238. The number of aryl methyl sites for hydroxylation is 2. The number of anilines is 1. The van der Waals surface area contributed by atoms with Crippen LogP contribution in [-0.4, -0.2) is 45.9 Å². The van der Waals surface area contributed by atoms with Crippen molar-refractivity contribution in [3.63, 3.8) is 0 Å². The molecular weight excluding hydrogens is 374 g/mol. The molecule has 1 atom stereocenters. The maximum atomic E-state index is 12.3. The van der Waals surface area contributed by atoms with Crippen LogP contribution in [0.15, 0.2) is 17.2 Å². The molecule has 1 aliphatic heterocycles. The summed E-state index contributed by atoms with van der Waals surface area (Å²) in [6.07, 6.45) is 0.590. The van der Waals surface area contributed by atoms with Crippen molar-refractivity contribution in [3.8, 4) is 11.3 Å². The second-order valence-electron chi connectivity index (χ2n) is 6.91. The molecular formula is C20H27N5O2S. The molecule has 2 heterocycles.